The summed E-state index contributed by atoms with van der Waals surface area (Å²) in [5, 5.41) is 18.2. The minimum Gasteiger partial charge on any atom is -0.363 e. The Morgan fingerprint density at radius 2 is 1.77 bits per heavy atom. The molecule has 1 aromatic carbocycles. The van der Waals surface area contributed by atoms with Gasteiger partial charge in [0.15, 0.2) is 0 Å². The Hall–Kier alpha value is -2.15. The molecular formula is C23H32N4O3. The van der Waals surface area contributed by atoms with Gasteiger partial charge in [0.05, 0.1) is 4.92 Å². The second kappa shape index (κ2) is 7.52. The monoisotopic (exact) mass is 412 g/mol. The van der Waals surface area contributed by atoms with E-state index in [1.807, 2.05) is 4.90 Å². The summed E-state index contributed by atoms with van der Waals surface area (Å²) in [5.74, 6) is 2.30. The molecule has 1 amide bonds. The molecule has 2 N–H and O–H groups in total. The highest BCUT2D eigenvalue weighted by molar-refractivity contribution is 5.96. The van der Waals surface area contributed by atoms with Crippen LogP contribution in [0.1, 0.15) is 55.8 Å². The van der Waals surface area contributed by atoms with Crippen molar-refractivity contribution in [3.8, 4) is 0 Å². The smallest absolute Gasteiger partial charge is 0.293 e. The van der Waals surface area contributed by atoms with Crippen molar-refractivity contribution in [3.63, 3.8) is 0 Å². The summed E-state index contributed by atoms with van der Waals surface area (Å²) in [6.07, 6.45) is 7.80. The van der Waals surface area contributed by atoms with Crippen LogP contribution >= 0.6 is 0 Å². The van der Waals surface area contributed by atoms with Crippen LogP contribution in [0.4, 0.5) is 11.4 Å². The zero-order valence-electron chi connectivity index (χ0n) is 17.7. The van der Waals surface area contributed by atoms with Crippen LogP contribution in [0.15, 0.2) is 18.2 Å². The second-order valence-corrected chi connectivity index (χ2v) is 10.2. The number of benzene rings is 1. The predicted molar refractivity (Wildman–Crippen MR) is 116 cm³/mol. The molecule has 1 aliphatic heterocycles. The molecule has 7 heteroatoms. The predicted octanol–water partition coefficient (Wildman–Crippen LogP) is 3.34. The minimum absolute atomic E-state index is 0.0204. The molecule has 1 saturated heterocycles. The van der Waals surface area contributed by atoms with E-state index in [9.17, 15) is 14.9 Å². The van der Waals surface area contributed by atoms with Crippen LogP contribution in [0.25, 0.3) is 0 Å². The van der Waals surface area contributed by atoms with E-state index in [1.54, 1.807) is 12.1 Å². The van der Waals surface area contributed by atoms with Crippen LogP contribution in [0, 0.1) is 33.3 Å². The number of nitro benzene ring substituents is 1. The van der Waals surface area contributed by atoms with Gasteiger partial charge in [-0.15, -0.1) is 0 Å². The first kappa shape index (κ1) is 19.8. The molecule has 0 radical (unpaired) electrons. The summed E-state index contributed by atoms with van der Waals surface area (Å²) in [7, 11) is 0. The number of nitro groups is 1. The molecular weight excluding hydrogens is 380 g/mol. The Balaban J connectivity index is 1.33. The third kappa shape index (κ3) is 3.47. The lowest BCUT2D eigenvalue weighted by Gasteiger charge is -2.59. The van der Waals surface area contributed by atoms with Gasteiger partial charge in [-0.25, -0.2) is 0 Å². The molecule has 0 aromatic heterocycles. The third-order valence-corrected chi connectivity index (χ3v) is 8.24. The number of hydrogen-bond donors (Lipinski definition) is 2. The number of piperazine rings is 1. The molecule has 1 atom stereocenters. The van der Waals surface area contributed by atoms with Gasteiger partial charge in [-0.3, -0.25) is 14.9 Å². The fourth-order valence-corrected chi connectivity index (χ4v) is 7.13. The van der Waals surface area contributed by atoms with Crippen molar-refractivity contribution in [2.24, 2.45) is 23.2 Å². The normalized spacial score (nSPS) is 33.4. The molecule has 4 bridgehead atoms. The van der Waals surface area contributed by atoms with Crippen LogP contribution < -0.4 is 15.5 Å². The second-order valence-electron chi connectivity index (χ2n) is 10.2. The van der Waals surface area contributed by atoms with Crippen LogP contribution in [0.2, 0.25) is 0 Å². The maximum absolute atomic E-state index is 13.1. The lowest BCUT2D eigenvalue weighted by atomic mass is 9.48. The number of hydrogen-bond acceptors (Lipinski definition) is 5. The van der Waals surface area contributed by atoms with E-state index >= 15 is 0 Å². The molecule has 4 saturated carbocycles. The molecule has 5 fully saturated rings. The average molecular weight is 413 g/mol. The number of amides is 1. The fourth-order valence-electron chi connectivity index (χ4n) is 7.13. The van der Waals surface area contributed by atoms with Crippen molar-refractivity contribution in [3.05, 3.63) is 33.9 Å². The molecule has 7 nitrogen and oxygen atoms in total. The molecule has 6 rings (SSSR count). The number of rotatable bonds is 5. The Bertz CT molecular complexity index is 814. The van der Waals surface area contributed by atoms with Crippen LogP contribution in [-0.4, -0.2) is 43.1 Å². The molecule has 1 aromatic rings. The van der Waals surface area contributed by atoms with Crippen molar-refractivity contribution in [1.29, 1.82) is 0 Å². The molecule has 0 unspecified atom stereocenters. The van der Waals surface area contributed by atoms with Crippen LogP contribution in [0.5, 0.6) is 0 Å². The van der Waals surface area contributed by atoms with E-state index in [4.69, 9.17) is 0 Å². The topological polar surface area (TPSA) is 87.5 Å². The first-order valence-electron chi connectivity index (χ1n) is 11.5. The van der Waals surface area contributed by atoms with Crippen LogP contribution in [-0.2, 0) is 0 Å². The van der Waals surface area contributed by atoms with Crippen molar-refractivity contribution in [2.45, 2.75) is 51.5 Å². The summed E-state index contributed by atoms with van der Waals surface area (Å²) < 4.78 is 0. The van der Waals surface area contributed by atoms with Gasteiger partial charge in [-0.05, 0) is 80.8 Å². The number of carbonyl (C=O) groups excluding carboxylic acids is 1. The molecule has 30 heavy (non-hydrogen) atoms. The summed E-state index contributed by atoms with van der Waals surface area (Å²) >= 11 is 0. The van der Waals surface area contributed by atoms with Crippen LogP contribution in [0.3, 0.4) is 0 Å². The fraction of sp³-hybridized carbons (Fsp3) is 0.696. The van der Waals surface area contributed by atoms with E-state index in [0.717, 1.165) is 43.9 Å². The van der Waals surface area contributed by atoms with Gasteiger partial charge in [0, 0.05) is 43.9 Å². The van der Waals surface area contributed by atoms with E-state index in [1.165, 1.54) is 44.6 Å². The summed E-state index contributed by atoms with van der Waals surface area (Å²) in [4.78, 5) is 26.4. The van der Waals surface area contributed by atoms with E-state index in [-0.39, 0.29) is 28.0 Å². The SMILES string of the molecule is C[C@H](NC(=O)c1ccc(N2CCNCC2)c([N+](=O)[O-])c1)C12CC3CC(CC(C3)C1)C2. The number of carbonyl (C=O) groups is 1. The van der Waals surface area contributed by atoms with Gasteiger partial charge < -0.3 is 15.5 Å². The van der Waals surface area contributed by atoms with E-state index in [0.29, 0.717) is 11.3 Å². The molecule has 1 heterocycles. The van der Waals surface area contributed by atoms with Gasteiger partial charge in [-0.2, -0.15) is 0 Å². The summed E-state index contributed by atoms with van der Waals surface area (Å²) in [5.41, 5.74) is 1.23. The van der Waals surface area contributed by atoms with Gasteiger partial charge >= 0.3 is 0 Å². The minimum atomic E-state index is -0.364. The molecule has 4 aliphatic carbocycles. The Kier molecular flexibility index (Phi) is 4.96. The first-order chi connectivity index (χ1) is 14.4. The number of anilines is 1. The maximum Gasteiger partial charge on any atom is 0.293 e. The Labute approximate surface area is 177 Å². The van der Waals surface area contributed by atoms with Crippen molar-refractivity contribution in [2.75, 3.05) is 31.1 Å². The molecule has 5 aliphatic rings. The zero-order chi connectivity index (χ0) is 20.9. The number of nitrogens with zero attached hydrogens (tertiary/aromatic N) is 2. The number of nitrogens with one attached hydrogen (secondary N) is 2. The maximum atomic E-state index is 13.1. The molecule has 162 valence electrons. The first-order valence-corrected chi connectivity index (χ1v) is 11.5. The highest BCUT2D eigenvalue weighted by Crippen LogP contribution is 2.61. The third-order valence-electron chi connectivity index (χ3n) is 8.24. The lowest BCUT2D eigenvalue weighted by molar-refractivity contribution is -0.384. The van der Waals surface area contributed by atoms with Gasteiger partial charge in [0.2, 0.25) is 0 Å². The van der Waals surface area contributed by atoms with Crippen molar-refractivity contribution in [1.82, 2.24) is 10.6 Å². The summed E-state index contributed by atoms with van der Waals surface area (Å²) in [6, 6.07) is 5.05. The Morgan fingerprint density at radius 1 is 1.17 bits per heavy atom. The highest BCUT2D eigenvalue weighted by Gasteiger charge is 2.53. The molecule has 0 spiro atoms. The van der Waals surface area contributed by atoms with Gasteiger partial charge in [-0.1, -0.05) is 0 Å². The van der Waals surface area contributed by atoms with E-state index in [2.05, 4.69) is 17.6 Å². The Morgan fingerprint density at radius 3 is 2.33 bits per heavy atom. The largest absolute Gasteiger partial charge is 0.363 e. The summed E-state index contributed by atoms with van der Waals surface area (Å²) in [6.45, 7) is 5.23. The quantitative estimate of drug-likeness (QED) is 0.572. The van der Waals surface area contributed by atoms with Crippen molar-refractivity contribution < 1.29 is 9.72 Å². The lowest BCUT2D eigenvalue weighted by Crippen LogP contribution is -2.55. The highest BCUT2D eigenvalue weighted by atomic mass is 16.6. The standard InChI is InChI=1S/C23H32N4O3/c1-15(23-12-16-8-17(13-23)10-18(9-16)14-23)25-22(28)19-2-3-20(21(11-19)27(29)30)26-6-4-24-5-7-26/h2-3,11,15-18,24H,4-10,12-14H2,1H3,(H,25,28)/t15-,16?,17?,18?,23?/m0/s1. The van der Waals surface area contributed by atoms with Gasteiger partial charge in [0.1, 0.15) is 5.69 Å². The van der Waals surface area contributed by atoms with Gasteiger partial charge in [0.25, 0.3) is 11.6 Å². The average Bonchev–Trinajstić information content (AvgIpc) is 2.73. The zero-order valence-corrected chi connectivity index (χ0v) is 17.7. The van der Waals surface area contributed by atoms with Crippen molar-refractivity contribution >= 4 is 17.3 Å². The van der Waals surface area contributed by atoms with E-state index < -0.39 is 0 Å².